The summed E-state index contributed by atoms with van der Waals surface area (Å²) < 4.78 is 0. The van der Waals surface area contributed by atoms with Crippen LogP contribution in [0.5, 0.6) is 0 Å². The Hall–Kier alpha value is -2.66. The van der Waals surface area contributed by atoms with Gasteiger partial charge in [-0.1, -0.05) is 48.5 Å². The van der Waals surface area contributed by atoms with Crippen molar-refractivity contribution < 1.29 is 14.7 Å². The number of hydrogen-bond donors (Lipinski definition) is 2. The van der Waals surface area contributed by atoms with Gasteiger partial charge in [-0.2, -0.15) is 0 Å². The first-order valence-corrected chi connectivity index (χ1v) is 7.42. The minimum absolute atomic E-state index is 0.106. The van der Waals surface area contributed by atoms with Gasteiger partial charge in [0.1, 0.15) is 0 Å². The number of anilines is 1. The lowest BCUT2D eigenvalue weighted by atomic mass is 10.1. The first kappa shape index (κ1) is 16.7. The van der Waals surface area contributed by atoms with Crippen molar-refractivity contribution in [2.75, 3.05) is 18.5 Å². The molecule has 0 aromatic heterocycles. The average Bonchev–Trinajstić information content (AvgIpc) is 2.61. The standard InChI is InChI=1S/C18H20N2O3/c1-20(15-10-6-3-7-11-15)16(21)12-13-19-18(23)17(22)14-8-4-2-5-9-14/h2-11,17,22H,12-13H2,1H3,(H,19,23)/t17-/m1/s1. The highest BCUT2D eigenvalue weighted by molar-refractivity contribution is 5.93. The highest BCUT2D eigenvalue weighted by atomic mass is 16.3. The van der Waals surface area contributed by atoms with Crippen LogP contribution in [0.25, 0.3) is 0 Å². The monoisotopic (exact) mass is 312 g/mol. The van der Waals surface area contributed by atoms with Crippen LogP contribution in [0, 0.1) is 0 Å². The second-order valence-electron chi connectivity index (χ2n) is 5.14. The van der Waals surface area contributed by atoms with E-state index in [1.165, 1.54) is 0 Å². The molecule has 1 atom stereocenters. The molecule has 0 radical (unpaired) electrons. The van der Waals surface area contributed by atoms with Gasteiger partial charge in [0.05, 0.1) is 0 Å². The fourth-order valence-electron chi connectivity index (χ4n) is 2.14. The second-order valence-corrected chi connectivity index (χ2v) is 5.14. The first-order chi connectivity index (χ1) is 11.1. The van der Waals surface area contributed by atoms with Crippen LogP contribution in [0.1, 0.15) is 18.1 Å². The lowest BCUT2D eigenvalue weighted by molar-refractivity contribution is -0.129. The number of carbonyl (C=O) groups excluding carboxylic acids is 2. The Balaban J connectivity index is 1.80. The number of carbonyl (C=O) groups is 2. The molecule has 0 saturated carbocycles. The van der Waals surface area contributed by atoms with E-state index in [9.17, 15) is 14.7 Å². The number of rotatable bonds is 6. The topological polar surface area (TPSA) is 69.6 Å². The number of aliphatic hydroxyl groups excluding tert-OH is 1. The van der Waals surface area contributed by atoms with Gasteiger partial charge in [-0.05, 0) is 17.7 Å². The minimum atomic E-state index is -1.22. The molecule has 0 heterocycles. The zero-order valence-electron chi connectivity index (χ0n) is 13.0. The highest BCUT2D eigenvalue weighted by Crippen LogP contribution is 2.13. The molecule has 0 aliphatic heterocycles. The highest BCUT2D eigenvalue weighted by Gasteiger charge is 2.17. The van der Waals surface area contributed by atoms with Gasteiger partial charge < -0.3 is 15.3 Å². The zero-order valence-corrected chi connectivity index (χ0v) is 13.0. The van der Waals surface area contributed by atoms with Crippen molar-refractivity contribution in [3.8, 4) is 0 Å². The van der Waals surface area contributed by atoms with E-state index in [1.54, 1.807) is 36.2 Å². The molecule has 0 spiro atoms. The van der Waals surface area contributed by atoms with E-state index in [0.717, 1.165) is 5.69 Å². The molecule has 0 aliphatic rings. The molecule has 0 unspecified atom stereocenters. The summed E-state index contributed by atoms with van der Waals surface area (Å²) in [7, 11) is 1.69. The summed E-state index contributed by atoms with van der Waals surface area (Å²) in [5.41, 5.74) is 1.32. The predicted octanol–water partition coefficient (Wildman–Crippen LogP) is 1.89. The Kier molecular flexibility index (Phi) is 5.88. The maximum Gasteiger partial charge on any atom is 0.253 e. The quantitative estimate of drug-likeness (QED) is 0.856. The fraction of sp³-hybridized carbons (Fsp3) is 0.222. The van der Waals surface area contributed by atoms with Crippen LogP contribution in [0.3, 0.4) is 0 Å². The average molecular weight is 312 g/mol. The van der Waals surface area contributed by atoms with E-state index in [2.05, 4.69) is 5.32 Å². The van der Waals surface area contributed by atoms with Crippen molar-refractivity contribution in [3.63, 3.8) is 0 Å². The number of nitrogens with one attached hydrogen (secondary N) is 1. The van der Waals surface area contributed by atoms with Crippen LogP contribution in [0.2, 0.25) is 0 Å². The third-order valence-corrected chi connectivity index (χ3v) is 3.52. The van der Waals surface area contributed by atoms with E-state index in [4.69, 9.17) is 0 Å². The van der Waals surface area contributed by atoms with E-state index >= 15 is 0 Å². The number of aliphatic hydroxyl groups is 1. The molecule has 5 nitrogen and oxygen atoms in total. The van der Waals surface area contributed by atoms with Gasteiger partial charge in [0, 0.05) is 25.7 Å². The van der Waals surface area contributed by atoms with Crippen molar-refractivity contribution in [1.29, 1.82) is 0 Å². The third-order valence-electron chi connectivity index (χ3n) is 3.52. The van der Waals surface area contributed by atoms with Crippen LogP contribution in [-0.2, 0) is 9.59 Å². The maximum atomic E-state index is 12.1. The van der Waals surface area contributed by atoms with Crippen molar-refractivity contribution in [3.05, 3.63) is 66.2 Å². The van der Waals surface area contributed by atoms with Crippen LogP contribution in [0.4, 0.5) is 5.69 Å². The largest absolute Gasteiger partial charge is 0.378 e. The van der Waals surface area contributed by atoms with Crippen molar-refractivity contribution in [1.82, 2.24) is 5.32 Å². The Morgan fingerprint density at radius 2 is 1.61 bits per heavy atom. The van der Waals surface area contributed by atoms with Gasteiger partial charge >= 0.3 is 0 Å². The summed E-state index contributed by atoms with van der Waals surface area (Å²) in [6, 6.07) is 18.0. The zero-order chi connectivity index (χ0) is 16.7. The predicted molar refractivity (Wildman–Crippen MR) is 88.9 cm³/mol. The van der Waals surface area contributed by atoms with E-state index in [-0.39, 0.29) is 18.9 Å². The molecule has 0 aliphatic carbocycles. The molecule has 0 fully saturated rings. The van der Waals surface area contributed by atoms with Gasteiger partial charge in [0.25, 0.3) is 5.91 Å². The van der Waals surface area contributed by atoms with Crippen molar-refractivity contribution in [2.24, 2.45) is 0 Å². The van der Waals surface area contributed by atoms with E-state index in [0.29, 0.717) is 5.56 Å². The molecule has 0 saturated heterocycles. The summed E-state index contributed by atoms with van der Waals surface area (Å²) in [6.07, 6.45) is -1.06. The smallest absolute Gasteiger partial charge is 0.253 e. The van der Waals surface area contributed by atoms with Gasteiger partial charge in [0.2, 0.25) is 5.91 Å². The van der Waals surface area contributed by atoms with Crippen molar-refractivity contribution in [2.45, 2.75) is 12.5 Å². The Morgan fingerprint density at radius 3 is 2.22 bits per heavy atom. The van der Waals surface area contributed by atoms with Crippen molar-refractivity contribution >= 4 is 17.5 Å². The number of amides is 2. The lowest BCUT2D eigenvalue weighted by Crippen LogP contribution is -2.34. The normalized spacial score (nSPS) is 11.6. The second kappa shape index (κ2) is 8.10. The summed E-state index contributed by atoms with van der Waals surface area (Å²) in [5, 5.41) is 12.5. The molecule has 2 aromatic carbocycles. The van der Waals surface area contributed by atoms with Gasteiger partial charge in [-0.3, -0.25) is 9.59 Å². The van der Waals surface area contributed by atoms with Crippen LogP contribution in [0.15, 0.2) is 60.7 Å². The van der Waals surface area contributed by atoms with E-state index < -0.39 is 12.0 Å². The van der Waals surface area contributed by atoms with Crippen LogP contribution >= 0.6 is 0 Å². The molecule has 2 rings (SSSR count). The van der Waals surface area contributed by atoms with Gasteiger partial charge in [0.15, 0.2) is 6.10 Å². The molecule has 23 heavy (non-hydrogen) atoms. The molecule has 5 heteroatoms. The number of benzene rings is 2. The summed E-state index contributed by atoms with van der Waals surface area (Å²) >= 11 is 0. The molecule has 2 N–H and O–H groups in total. The summed E-state index contributed by atoms with van der Waals surface area (Å²) in [4.78, 5) is 25.5. The lowest BCUT2D eigenvalue weighted by Gasteiger charge is -2.17. The first-order valence-electron chi connectivity index (χ1n) is 7.42. The molecule has 2 amide bonds. The third kappa shape index (κ3) is 4.66. The number of hydrogen-bond acceptors (Lipinski definition) is 3. The molecular weight excluding hydrogens is 292 g/mol. The Bertz CT molecular complexity index is 586. The molecule has 120 valence electrons. The fourth-order valence-corrected chi connectivity index (χ4v) is 2.14. The Morgan fingerprint density at radius 1 is 1.04 bits per heavy atom. The minimum Gasteiger partial charge on any atom is -0.378 e. The summed E-state index contributed by atoms with van der Waals surface area (Å²) in [5.74, 6) is -0.614. The molecule has 0 bridgehead atoms. The van der Waals surface area contributed by atoms with Crippen LogP contribution < -0.4 is 10.2 Å². The SMILES string of the molecule is CN(C(=O)CCNC(=O)[C@H](O)c1ccccc1)c1ccccc1. The van der Waals surface area contributed by atoms with E-state index in [1.807, 2.05) is 36.4 Å². The summed E-state index contributed by atoms with van der Waals surface area (Å²) in [6.45, 7) is 0.179. The number of nitrogens with zero attached hydrogens (tertiary/aromatic N) is 1. The van der Waals surface area contributed by atoms with Gasteiger partial charge in [-0.25, -0.2) is 0 Å². The Labute approximate surface area is 135 Å². The maximum absolute atomic E-state index is 12.1. The van der Waals surface area contributed by atoms with Crippen LogP contribution in [-0.4, -0.2) is 30.5 Å². The van der Waals surface area contributed by atoms with Gasteiger partial charge in [-0.15, -0.1) is 0 Å². The molecular formula is C18H20N2O3. The number of para-hydroxylation sites is 1. The molecule has 2 aromatic rings.